The van der Waals surface area contributed by atoms with Gasteiger partial charge in [0.1, 0.15) is 5.75 Å². The zero-order chi connectivity index (χ0) is 17.5. The van der Waals surface area contributed by atoms with Crippen LogP contribution in [-0.4, -0.2) is 41.1 Å². The molecule has 2 fully saturated rings. The lowest BCUT2D eigenvalue weighted by Gasteiger charge is -2.34. The van der Waals surface area contributed by atoms with Crippen molar-refractivity contribution in [1.82, 2.24) is 4.90 Å². The zero-order valence-electron chi connectivity index (χ0n) is 13.3. The van der Waals surface area contributed by atoms with Gasteiger partial charge in [0.25, 0.3) is 5.91 Å². The fourth-order valence-corrected chi connectivity index (χ4v) is 4.04. The third kappa shape index (κ3) is 3.47. The summed E-state index contributed by atoms with van der Waals surface area (Å²) in [6.07, 6.45) is 1.57. The molecular formula is C17H19Cl2NO4. The van der Waals surface area contributed by atoms with E-state index in [9.17, 15) is 9.59 Å². The largest absolute Gasteiger partial charge is 0.481 e. The molecular weight excluding hydrogens is 353 g/mol. The van der Waals surface area contributed by atoms with Crippen LogP contribution in [0.3, 0.4) is 0 Å². The number of ether oxygens (including phenoxy) is 1. The van der Waals surface area contributed by atoms with Crippen molar-refractivity contribution < 1.29 is 19.4 Å². The average molecular weight is 372 g/mol. The normalized spacial score (nSPS) is 23.0. The molecule has 0 aromatic heterocycles. The predicted octanol–water partition coefficient (Wildman–Crippen LogP) is 3.47. The summed E-state index contributed by atoms with van der Waals surface area (Å²) < 4.78 is 5.66. The first kappa shape index (κ1) is 17.4. The number of aliphatic carboxylic acids is 1. The topological polar surface area (TPSA) is 66.8 Å². The fourth-order valence-electron chi connectivity index (χ4n) is 3.53. The molecule has 2 atom stereocenters. The molecule has 1 aromatic carbocycles. The first-order valence-corrected chi connectivity index (χ1v) is 8.71. The zero-order valence-corrected chi connectivity index (χ0v) is 14.8. The van der Waals surface area contributed by atoms with Gasteiger partial charge in [0, 0.05) is 23.1 Å². The van der Waals surface area contributed by atoms with E-state index in [-0.39, 0.29) is 17.2 Å². The van der Waals surface area contributed by atoms with Crippen LogP contribution >= 0.6 is 23.2 Å². The van der Waals surface area contributed by atoms with Crippen LogP contribution in [0.1, 0.15) is 26.2 Å². The Morgan fingerprint density at radius 2 is 1.83 bits per heavy atom. The summed E-state index contributed by atoms with van der Waals surface area (Å²) in [5, 5.41) is 10.0. The second-order valence-electron chi connectivity index (χ2n) is 6.65. The molecule has 0 bridgehead atoms. The SMILES string of the molecule is CC(Oc1cc(Cl)cc(Cl)c1)C(=O)N1CCC2(CC1)CC2C(=O)O. The number of hydrogen-bond donors (Lipinski definition) is 1. The molecule has 130 valence electrons. The number of benzene rings is 1. The van der Waals surface area contributed by atoms with Crippen LogP contribution in [0.15, 0.2) is 18.2 Å². The van der Waals surface area contributed by atoms with E-state index in [0.29, 0.717) is 28.9 Å². The first-order valence-electron chi connectivity index (χ1n) is 7.95. The Bertz CT molecular complexity index is 650. The lowest BCUT2D eigenvalue weighted by atomic mass is 9.90. The molecule has 1 N–H and O–H groups in total. The molecule has 1 amide bonds. The molecule has 2 aliphatic rings. The molecule has 1 spiro atoms. The van der Waals surface area contributed by atoms with Crippen LogP contribution in [0.25, 0.3) is 0 Å². The maximum atomic E-state index is 12.5. The molecule has 5 nitrogen and oxygen atoms in total. The minimum absolute atomic E-state index is 0.0901. The summed E-state index contributed by atoms with van der Waals surface area (Å²) in [5.41, 5.74) is -0.0901. The molecule has 1 saturated heterocycles. The summed E-state index contributed by atoms with van der Waals surface area (Å²) in [6, 6.07) is 4.83. The van der Waals surface area contributed by atoms with Crippen LogP contribution in [0.4, 0.5) is 0 Å². The van der Waals surface area contributed by atoms with E-state index in [1.54, 1.807) is 30.0 Å². The molecule has 1 aromatic rings. The smallest absolute Gasteiger partial charge is 0.307 e. The second kappa shape index (κ2) is 6.45. The van der Waals surface area contributed by atoms with Crippen molar-refractivity contribution in [1.29, 1.82) is 0 Å². The predicted molar refractivity (Wildman–Crippen MR) is 90.5 cm³/mol. The summed E-state index contributed by atoms with van der Waals surface area (Å²) in [7, 11) is 0. The minimum atomic E-state index is -0.718. The van der Waals surface area contributed by atoms with Crippen LogP contribution in [0.2, 0.25) is 10.0 Å². The number of carbonyl (C=O) groups excluding carboxylic acids is 1. The third-order valence-electron chi connectivity index (χ3n) is 5.06. The van der Waals surface area contributed by atoms with Gasteiger partial charge in [-0.2, -0.15) is 0 Å². The van der Waals surface area contributed by atoms with Gasteiger partial charge in [-0.3, -0.25) is 9.59 Å². The Hall–Kier alpha value is -1.46. The minimum Gasteiger partial charge on any atom is -0.481 e. The van der Waals surface area contributed by atoms with Crippen LogP contribution in [-0.2, 0) is 9.59 Å². The van der Waals surface area contributed by atoms with Crippen molar-refractivity contribution in [2.24, 2.45) is 11.3 Å². The molecule has 1 heterocycles. The van der Waals surface area contributed by atoms with Crippen LogP contribution in [0, 0.1) is 11.3 Å². The number of likely N-dealkylation sites (tertiary alicyclic amines) is 1. The maximum Gasteiger partial charge on any atom is 0.307 e. The Labute approximate surface area is 150 Å². The van der Waals surface area contributed by atoms with Crippen molar-refractivity contribution in [2.45, 2.75) is 32.3 Å². The number of halogens is 2. The van der Waals surface area contributed by atoms with Crippen molar-refractivity contribution in [2.75, 3.05) is 13.1 Å². The van der Waals surface area contributed by atoms with Gasteiger partial charge in [-0.05, 0) is 49.8 Å². The average Bonchev–Trinajstić information content (AvgIpc) is 3.20. The number of carboxylic acid groups (broad SMARTS) is 1. The van der Waals surface area contributed by atoms with E-state index >= 15 is 0 Å². The Balaban J connectivity index is 1.56. The quantitative estimate of drug-likeness (QED) is 0.879. The molecule has 1 aliphatic carbocycles. The number of carbonyl (C=O) groups is 2. The van der Waals surface area contributed by atoms with E-state index < -0.39 is 12.1 Å². The summed E-state index contributed by atoms with van der Waals surface area (Å²) in [6.45, 7) is 2.85. The number of piperidine rings is 1. The first-order chi connectivity index (χ1) is 11.3. The maximum absolute atomic E-state index is 12.5. The van der Waals surface area contributed by atoms with Gasteiger partial charge in [-0.1, -0.05) is 23.2 Å². The third-order valence-corrected chi connectivity index (χ3v) is 5.49. The number of rotatable bonds is 4. The van der Waals surface area contributed by atoms with Crippen molar-refractivity contribution in [3.63, 3.8) is 0 Å². The Morgan fingerprint density at radius 3 is 2.33 bits per heavy atom. The van der Waals surface area contributed by atoms with E-state index in [0.717, 1.165) is 19.3 Å². The molecule has 1 saturated carbocycles. The van der Waals surface area contributed by atoms with Gasteiger partial charge in [-0.15, -0.1) is 0 Å². The van der Waals surface area contributed by atoms with E-state index in [2.05, 4.69) is 0 Å². The number of nitrogens with zero attached hydrogens (tertiary/aromatic N) is 1. The van der Waals surface area contributed by atoms with Gasteiger partial charge in [0.15, 0.2) is 6.10 Å². The molecule has 2 unspecified atom stereocenters. The van der Waals surface area contributed by atoms with Gasteiger partial charge < -0.3 is 14.7 Å². The Kier molecular flexibility index (Phi) is 4.67. The highest BCUT2D eigenvalue weighted by atomic mass is 35.5. The van der Waals surface area contributed by atoms with E-state index in [1.807, 2.05) is 0 Å². The van der Waals surface area contributed by atoms with Crippen LogP contribution < -0.4 is 4.74 Å². The summed E-state index contributed by atoms with van der Waals surface area (Å²) in [5.74, 6) is -0.607. The molecule has 1 aliphatic heterocycles. The second-order valence-corrected chi connectivity index (χ2v) is 7.52. The fraction of sp³-hybridized carbons (Fsp3) is 0.529. The van der Waals surface area contributed by atoms with E-state index in [4.69, 9.17) is 33.0 Å². The van der Waals surface area contributed by atoms with Gasteiger partial charge in [0.2, 0.25) is 0 Å². The molecule has 24 heavy (non-hydrogen) atoms. The summed E-state index contributed by atoms with van der Waals surface area (Å²) in [4.78, 5) is 25.4. The highest BCUT2D eigenvalue weighted by Gasteiger charge is 2.59. The van der Waals surface area contributed by atoms with Crippen molar-refractivity contribution in [3.8, 4) is 5.75 Å². The summed E-state index contributed by atoms with van der Waals surface area (Å²) >= 11 is 11.9. The Morgan fingerprint density at radius 1 is 1.25 bits per heavy atom. The van der Waals surface area contributed by atoms with Gasteiger partial charge in [-0.25, -0.2) is 0 Å². The van der Waals surface area contributed by atoms with Crippen molar-refractivity contribution >= 4 is 35.1 Å². The monoisotopic (exact) mass is 371 g/mol. The molecule has 7 heteroatoms. The highest BCUT2D eigenvalue weighted by Crippen LogP contribution is 2.59. The highest BCUT2D eigenvalue weighted by molar-refractivity contribution is 6.34. The molecule has 0 radical (unpaired) electrons. The number of amides is 1. The van der Waals surface area contributed by atoms with E-state index in [1.165, 1.54) is 0 Å². The van der Waals surface area contributed by atoms with Crippen molar-refractivity contribution in [3.05, 3.63) is 28.2 Å². The van der Waals surface area contributed by atoms with Gasteiger partial charge >= 0.3 is 5.97 Å². The lowest BCUT2D eigenvalue weighted by molar-refractivity contribution is -0.141. The standard InChI is InChI=1S/C17H19Cl2NO4/c1-10(24-13-7-11(18)6-12(19)8-13)15(21)20-4-2-17(3-5-20)9-14(17)16(22)23/h6-8,10,14H,2-5,9H2,1H3,(H,22,23). The lowest BCUT2D eigenvalue weighted by Crippen LogP contribution is -2.45. The number of carboxylic acids is 1. The van der Waals surface area contributed by atoms with Gasteiger partial charge in [0.05, 0.1) is 5.92 Å². The molecule has 3 rings (SSSR count). The number of hydrogen-bond acceptors (Lipinski definition) is 3. The van der Waals surface area contributed by atoms with Crippen LogP contribution in [0.5, 0.6) is 5.75 Å².